The number of dihydropyridines is 1. The van der Waals surface area contributed by atoms with Gasteiger partial charge < -0.3 is 24.8 Å². The molecule has 0 atom stereocenters. The minimum absolute atomic E-state index is 0. The van der Waals surface area contributed by atoms with Gasteiger partial charge in [-0.05, 0) is 25.0 Å². The molecular weight excluding hydrogens is 325 g/mol. The molecule has 19 heavy (non-hydrogen) atoms. The summed E-state index contributed by atoms with van der Waals surface area (Å²) in [6.45, 7) is 3.82. The normalized spacial score (nSPS) is 13.9. The summed E-state index contributed by atoms with van der Waals surface area (Å²) < 4.78 is 0. The summed E-state index contributed by atoms with van der Waals surface area (Å²) in [6, 6.07) is 9.73. The van der Waals surface area contributed by atoms with Gasteiger partial charge in [0.15, 0.2) is 5.84 Å². The van der Waals surface area contributed by atoms with E-state index in [1.807, 2.05) is 44.2 Å². The van der Waals surface area contributed by atoms with E-state index in [-0.39, 0.29) is 53.4 Å². The largest absolute Gasteiger partial charge is 2.00 e. The molecular formula is C13H13Cl2FeN3. The van der Waals surface area contributed by atoms with Gasteiger partial charge in [-0.25, -0.2) is 4.99 Å². The standard InChI is InChI=1S/C13H13N3.2ClH.Fe/c1-8-9(2)16-13(15)12(14)11(8)10-6-4-3-5-7-10;;;/h3-7,14-15H,1-2H3;2*1H;/q;;;+2/p-2. The first-order valence-electron chi connectivity index (χ1n) is 5.11. The van der Waals surface area contributed by atoms with Crippen LogP contribution in [0.15, 0.2) is 40.9 Å². The number of allylic oxidation sites excluding steroid dienone is 1. The van der Waals surface area contributed by atoms with E-state index >= 15 is 0 Å². The van der Waals surface area contributed by atoms with Crippen LogP contribution in [-0.4, -0.2) is 17.3 Å². The molecule has 0 amide bonds. The number of aliphatic imine (C=N–C) groups is 1. The molecule has 0 spiro atoms. The van der Waals surface area contributed by atoms with Gasteiger partial charge in [0.1, 0.15) is 5.71 Å². The summed E-state index contributed by atoms with van der Waals surface area (Å²) in [5.41, 5.74) is 3.79. The van der Waals surface area contributed by atoms with Crippen LogP contribution in [0.2, 0.25) is 0 Å². The van der Waals surface area contributed by atoms with E-state index in [2.05, 4.69) is 4.99 Å². The maximum absolute atomic E-state index is 7.92. The molecule has 2 N–H and O–H groups in total. The Bertz CT molecular complexity index is 536. The third-order valence-corrected chi connectivity index (χ3v) is 2.75. The third-order valence-electron chi connectivity index (χ3n) is 2.75. The number of hydrogen-bond donors (Lipinski definition) is 2. The zero-order valence-corrected chi connectivity index (χ0v) is 13.1. The van der Waals surface area contributed by atoms with Crippen molar-refractivity contribution in [2.24, 2.45) is 4.99 Å². The first-order chi connectivity index (χ1) is 7.61. The SMILES string of the molecule is CC1=NC(=N)C(=N)C(c2ccccc2)=C1C.[Cl-].[Cl-].[Fe+2]. The molecule has 0 saturated carbocycles. The fourth-order valence-electron chi connectivity index (χ4n) is 1.76. The van der Waals surface area contributed by atoms with E-state index in [0.717, 1.165) is 22.4 Å². The molecule has 6 heteroatoms. The molecule has 1 aromatic carbocycles. The summed E-state index contributed by atoms with van der Waals surface area (Å²) in [7, 11) is 0. The Balaban J connectivity index is 0. The third kappa shape index (κ3) is 4.02. The first kappa shape index (κ1) is 20.4. The second kappa shape index (κ2) is 8.28. The molecule has 1 aliphatic heterocycles. The monoisotopic (exact) mass is 337 g/mol. The first-order valence-corrected chi connectivity index (χ1v) is 5.11. The summed E-state index contributed by atoms with van der Waals surface area (Å²) in [5, 5.41) is 15.6. The van der Waals surface area contributed by atoms with Gasteiger partial charge in [-0.15, -0.1) is 0 Å². The van der Waals surface area contributed by atoms with E-state index in [9.17, 15) is 0 Å². The van der Waals surface area contributed by atoms with Gasteiger partial charge in [-0.2, -0.15) is 0 Å². The topological polar surface area (TPSA) is 60.1 Å². The van der Waals surface area contributed by atoms with Gasteiger partial charge in [-0.1, -0.05) is 30.3 Å². The minimum atomic E-state index is 0. The van der Waals surface area contributed by atoms with Crippen LogP contribution in [0, 0.1) is 10.8 Å². The van der Waals surface area contributed by atoms with Crippen molar-refractivity contribution in [2.45, 2.75) is 13.8 Å². The molecule has 0 saturated heterocycles. The minimum Gasteiger partial charge on any atom is -1.00 e. The molecule has 102 valence electrons. The predicted octanol–water partition coefficient (Wildman–Crippen LogP) is -3.06. The van der Waals surface area contributed by atoms with Gasteiger partial charge >= 0.3 is 17.1 Å². The van der Waals surface area contributed by atoms with Gasteiger partial charge in [0, 0.05) is 11.3 Å². The van der Waals surface area contributed by atoms with Crippen LogP contribution in [-0.2, 0) is 17.1 Å². The molecule has 2 rings (SSSR count). The number of benzene rings is 1. The van der Waals surface area contributed by atoms with Crippen LogP contribution >= 0.6 is 0 Å². The van der Waals surface area contributed by atoms with Crippen molar-refractivity contribution in [3.05, 3.63) is 41.5 Å². The number of halogens is 2. The fraction of sp³-hybridized carbons (Fsp3) is 0.154. The Morgan fingerprint density at radius 2 is 1.47 bits per heavy atom. The second-order valence-electron chi connectivity index (χ2n) is 3.79. The van der Waals surface area contributed by atoms with Crippen molar-refractivity contribution in [3.63, 3.8) is 0 Å². The Labute approximate surface area is 135 Å². The molecule has 1 heterocycles. The van der Waals surface area contributed by atoms with Crippen LogP contribution in [0.3, 0.4) is 0 Å². The van der Waals surface area contributed by atoms with Gasteiger partial charge in [0.2, 0.25) is 0 Å². The molecule has 3 nitrogen and oxygen atoms in total. The summed E-state index contributed by atoms with van der Waals surface area (Å²) in [5.74, 6) is 0.0435. The zero-order valence-electron chi connectivity index (χ0n) is 10.4. The molecule has 0 fully saturated rings. The van der Waals surface area contributed by atoms with Crippen molar-refractivity contribution in [2.75, 3.05) is 0 Å². The van der Waals surface area contributed by atoms with Crippen LogP contribution < -0.4 is 24.8 Å². The van der Waals surface area contributed by atoms with Crippen LogP contribution in [0.4, 0.5) is 0 Å². The average molecular weight is 338 g/mol. The number of hydrogen-bond acceptors (Lipinski definition) is 2. The summed E-state index contributed by atoms with van der Waals surface area (Å²) >= 11 is 0. The fourth-order valence-corrected chi connectivity index (χ4v) is 1.76. The van der Waals surface area contributed by atoms with Crippen LogP contribution in [0.1, 0.15) is 19.4 Å². The van der Waals surface area contributed by atoms with Crippen LogP contribution in [0.5, 0.6) is 0 Å². The van der Waals surface area contributed by atoms with Gasteiger partial charge in [-0.3, -0.25) is 10.8 Å². The molecule has 0 unspecified atom stereocenters. The number of nitrogens with zero attached hydrogens (tertiary/aromatic N) is 1. The molecule has 0 aromatic heterocycles. The number of nitrogens with one attached hydrogen (secondary N) is 2. The van der Waals surface area contributed by atoms with Crippen molar-refractivity contribution < 1.29 is 41.9 Å². The molecule has 1 aliphatic rings. The van der Waals surface area contributed by atoms with Crippen molar-refractivity contribution >= 4 is 22.8 Å². The maximum atomic E-state index is 7.92. The quantitative estimate of drug-likeness (QED) is 0.511. The number of amidine groups is 1. The molecule has 1 aromatic rings. The van der Waals surface area contributed by atoms with Crippen molar-refractivity contribution in [1.29, 1.82) is 10.8 Å². The zero-order chi connectivity index (χ0) is 11.7. The second-order valence-corrected chi connectivity index (χ2v) is 3.79. The molecule has 0 aliphatic carbocycles. The van der Waals surface area contributed by atoms with Gasteiger partial charge in [0.05, 0.1) is 0 Å². The van der Waals surface area contributed by atoms with E-state index in [4.69, 9.17) is 10.8 Å². The van der Waals surface area contributed by atoms with E-state index in [1.165, 1.54) is 0 Å². The predicted molar refractivity (Wildman–Crippen MR) is 67.6 cm³/mol. The Morgan fingerprint density at radius 1 is 0.947 bits per heavy atom. The van der Waals surface area contributed by atoms with Gasteiger partial charge in [0.25, 0.3) is 0 Å². The number of rotatable bonds is 1. The Hall–Kier alpha value is -0.931. The Morgan fingerprint density at radius 3 is 2.00 bits per heavy atom. The van der Waals surface area contributed by atoms with Crippen molar-refractivity contribution in [1.82, 2.24) is 0 Å². The smallest absolute Gasteiger partial charge is 1.00 e. The van der Waals surface area contributed by atoms with Crippen LogP contribution in [0.25, 0.3) is 5.57 Å². The average Bonchev–Trinajstić information content (AvgIpc) is 2.28. The maximum Gasteiger partial charge on any atom is 2.00 e. The van der Waals surface area contributed by atoms with E-state index in [0.29, 0.717) is 0 Å². The van der Waals surface area contributed by atoms with E-state index < -0.39 is 0 Å². The summed E-state index contributed by atoms with van der Waals surface area (Å²) in [4.78, 5) is 4.04. The summed E-state index contributed by atoms with van der Waals surface area (Å²) in [6.07, 6.45) is 0. The Kier molecular flexibility index (Phi) is 8.89. The molecule has 0 bridgehead atoms. The molecule has 0 radical (unpaired) electrons. The van der Waals surface area contributed by atoms with E-state index in [1.54, 1.807) is 0 Å². The van der Waals surface area contributed by atoms with Crippen molar-refractivity contribution in [3.8, 4) is 0 Å².